The van der Waals surface area contributed by atoms with Crippen molar-refractivity contribution in [3.05, 3.63) is 29.3 Å². The van der Waals surface area contributed by atoms with Crippen molar-refractivity contribution in [3.63, 3.8) is 0 Å². The molecule has 0 aliphatic carbocycles. The number of halogens is 1. The fraction of sp³-hybridized carbons (Fsp3) is 0.308. The molecule has 8 heteroatoms. The van der Waals surface area contributed by atoms with Crippen LogP contribution in [0.2, 0.25) is 5.02 Å². The Morgan fingerprint density at radius 2 is 1.76 bits per heavy atom. The molecule has 0 saturated carbocycles. The Bertz CT molecular complexity index is 521. The second kappa shape index (κ2) is 8.80. The number of para-hydroxylation sites is 1. The molecule has 0 spiro atoms. The maximum absolute atomic E-state index is 11.4. The molecule has 0 aliphatic rings. The largest absolute Gasteiger partial charge is 0.491 e. The SMILES string of the molecule is O=C(O)CNC(=O)CNC(=O)CCOc1ccccc1Cl. The van der Waals surface area contributed by atoms with Crippen LogP contribution in [-0.4, -0.2) is 42.6 Å². The molecular weight excluding hydrogens is 300 g/mol. The summed E-state index contributed by atoms with van der Waals surface area (Å²) in [7, 11) is 0. The summed E-state index contributed by atoms with van der Waals surface area (Å²) in [4.78, 5) is 32.8. The summed E-state index contributed by atoms with van der Waals surface area (Å²) in [6.07, 6.45) is 0.0530. The Hall–Kier alpha value is -2.28. The van der Waals surface area contributed by atoms with Crippen molar-refractivity contribution in [1.29, 1.82) is 0 Å². The standard InChI is InChI=1S/C13H15ClN2O5/c14-9-3-1-2-4-10(9)21-6-5-11(17)15-7-12(18)16-8-13(19)20/h1-4H,5-8H2,(H,15,17)(H,16,18)(H,19,20). The fourth-order valence-corrected chi connectivity index (χ4v) is 1.51. The zero-order valence-electron chi connectivity index (χ0n) is 11.1. The zero-order chi connectivity index (χ0) is 15.7. The highest BCUT2D eigenvalue weighted by Gasteiger charge is 2.07. The number of benzene rings is 1. The first-order valence-corrected chi connectivity index (χ1v) is 6.49. The van der Waals surface area contributed by atoms with Crippen LogP contribution in [0.5, 0.6) is 5.75 Å². The van der Waals surface area contributed by atoms with E-state index in [0.29, 0.717) is 10.8 Å². The van der Waals surface area contributed by atoms with E-state index in [0.717, 1.165) is 0 Å². The first-order valence-electron chi connectivity index (χ1n) is 6.11. The summed E-state index contributed by atoms with van der Waals surface area (Å²) in [5.74, 6) is -1.63. The molecule has 7 nitrogen and oxygen atoms in total. The van der Waals surface area contributed by atoms with Gasteiger partial charge in [0.1, 0.15) is 12.3 Å². The number of aliphatic carboxylic acids is 1. The van der Waals surface area contributed by atoms with Crippen LogP contribution in [0.25, 0.3) is 0 Å². The second-order valence-electron chi connectivity index (χ2n) is 3.98. The molecule has 0 aromatic heterocycles. The number of carbonyl (C=O) groups is 3. The molecule has 0 atom stereocenters. The molecule has 0 unspecified atom stereocenters. The average Bonchev–Trinajstić information content (AvgIpc) is 2.45. The van der Waals surface area contributed by atoms with Crippen LogP contribution in [0.4, 0.5) is 0 Å². The summed E-state index contributed by atoms with van der Waals surface area (Å²) in [6, 6.07) is 6.87. The molecule has 0 heterocycles. The molecular formula is C13H15ClN2O5. The smallest absolute Gasteiger partial charge is 0.322 e. The van der Waals surface area contributed by atoms with E-state index in [2.05, 4.69) is 10.6 Å². The van der Waals surface area contributed by atoms with E-state index in [9.17, 15) is 14.4 Å². The van der Waals surface area contributed by atoms with Crippen LogP contribution < -0.4 is 15.4 Å². The first kappa shape index (κ1) is 16.8. The van der Waals surface area contributed by atoms with E-state index in [1.54, 1.807) is 24.3 Å². The molecule has 2 amide bonds. The number of nitrogens with one attached hydrogen (secondary N) is 2. The monoisotopic (exact) mass is 314 g/mol. The molecule has 1 aromatic carbocycles. The van der Waals surface area contributed by atoms with Gasteiger partial charge in [0, 0.05) is 0 Å². The van der Waals surface area contributed by atoms with Gasteiger partial charge in [-0.1, -0.05) is 23.7 Å². The van der Waals surface area contributed by atoms with Crippen molar-refractivity contribution < 1.29 is 24.2 Å². The summed E-state index contributed by atoms with van der Waals surface area (Å²) < 4.78 is 5.32. The van der Waals surface area contributed by atoms with Gasteiger partial charge < -0.3 is 20.5 Å². The highest BCUT2D eigenvalue weighted by Crippen LogP contribution is 2.22. The van der Waals surface area contributed by atoms with Crippen LogP contribution in [0.15, 0.2) is 24.3 Å². The molecule has 1 rings (SSSR count). The number of rotatable bonds is 8. The summed E-state index contributed by atoms with van der Waals surface area (Å²) >= 11 is 5.88. The predicted octanol–water partition coefficient (Wildman–Crippen LogP) is 0.426. The number of carboxylic acid groups (broad SMARTS) is 1. The van der Waals surface area contributed by atoms with Crippen molar-refractivity contribution >= 4 is 29.4 Å². The van der Waals surface area contributed by atoms with Crippen LogP contribution in [0, 0.1) is 0 Å². The van der Waals surface area contributed by atoms with E-state index in [1.165, 1.54) is 0 Å². The molecule has 0 radical (unpaired) electrons. The normalized spacial score (nSPS) is 9.76. The van der Waals surface area contributed by atoms with E-state index >= 15 is 0 Å². The van der Waals surface area contributed by atoms with Gasteiger partial charge in [0.15, 0.2) is 0 Å². The minimum absolute atomic E-state index is 0.0530. The fourth-order valence-electron chi connectivity index (χ4n) is 1.32. The van der Waals surface area contributed by atoms with E-state index < -0.39 is 18.4 Å². The third kappa shape index (κ3) is 7.17. The highest BCUT2D eigenvalue weighted by atomic mass is 35.5. The summed E-state index contributed by atoms with van der Waals surface area (Å²) in [6.45, 7) is -0.644. The van der Waals surface area contributed by atoms with Gasteiger partial charge in [0.25, 0.3) is 0 Å². The Labute approximate surface area is 126 Å². The molecule has 0 fully saturated rings. The van der Waals surface area contributed by atoms with Gasteiger partial charge in [-0.3, -0.25) is 14.4 Å². The molecule has 3 N–H and O–H groups in total. The van der Waals surface area contributed by atoms with Gasteiger partial charge >= 0.3 is 5.97 Å². The van der Waals surface area contributed by atoms with Crippen molar-refractivity contribution in [2.45, 2.75) is 6.42 Å². The van der Waals surface area contributed by atoms with Gasteiger partial charge in [0.2, 0.25) is 11.8 Å². The Balaban J connectivity index is 2.18. The van der Waals surface area contributed by atoms with Gasteiger partial charge in [-0.15, -0.1) is 0 Å². The number of amides is 2. The lowest BCUT2D eigenvalue weighted by molar-refractivity contribution is -0.137. The van der Waals surface area contributed by atoms with Gasteiger partial charge in [-0.25, -0.2) is 0 Å². The van der Waals surface area contributed by atoms with Crippen molar-refractivity contribution in [2.75, 3.05) is 19.7 Å². The van der Waals surface area contributed by atoms with Gasteiger partial charge in [-0.2, -0.15) is 0 Å². The van der Waals surface area contributed by atoms with Gasteiger partial charge in [-0.05, 0) is 12.1 Å². The van der Waals surface area contributed by atoms with E-state index in [-0.39, 0.29) is 25.5 Å². The summed E-state index contributed by atoms with van der Waals surface area (Å²) in [5, 5.41) is 13.3. The average molecular weight is 315 g/mol. The Kier molecular flexibility index (Phi) is 7.03. The third-order valence-electron chi connectivity index (χ3n) is 2.31. The minimum Gasteiger partial charge on any atom is -0.491 e. The molecule has 114 valence electrons. The number of carbonyl (C=O) groups excluding carboxylic acids is 2. The Morgan fingerprint density at radius 1 is 1.10 bits per heavy atom. The van der Waals surface area contributed by atoms with E-state index in [1.807, 2.05) is 0 Å². The lowest BCUT2D eigenvalue weighted by atomic mass is 10.3. The third-order valence-corrected chi connectivity index (χ3v) is 2.62. The van der Waals surface area contributed by atoms with Crippen LogP contribution in [0.1, 0.15) is 6.42 Å². The topological polar surface area (TPSA) is 105 Å². The number of hydrogen-bond donors (Lipinski definition) is 3. The lowest BCUT2D eigenvalue weighted by Gasteiger charge is -2.08. The molecule has 1 aromatic rings. The number of hydrogen-bond acceptors (Lipinski definition) is 4. The van der Waals surface area contributed by atoms with Gasteiger partial charge in [0.05, 0.1) is 24.6 Å². The van der Waals surface area contributed by atoms with Crippen molar-refractivity contribution in [2.24, 2.45) is 0 Å². The Morgan fingerprint density at radius 3 is 2.43 bits per heavy atom. The van der Waals surface area contributed by atoms with Crippen molar-refractivity contribution in [3.8, 4) is 5.75 Å². The molecule has 21 heavy (non-hydrogen) atoms. The van der Waals surface area contributed by atoms with Crippen LogP contribution >= 0.6 is 11.6 Å². The van der Waals surface area contributed by atoms with Crippen molar-refractivity contribution in [1.82, 2.24) is 10.6 Å². The van der Waals surface area contributed by atoms with E-state index in [4.69, 9.17) is 21.4 Å². The maximum Gasteiger partial charge on any atom is 0.322 e. The summed E-state index contributed by atoms with van der Waals surface area (Å²) in [5.41, 5.74) is 0. The predicted molar refractivity (Wildman–Crippen MR) is 75.2 cm³/mol. The number of ether oxygens (including phenoxy) is 1. The van der Waals surface area contributed by atoms with Crippen LogP contribution in [-0.2, 0) is 14.4 Å². The second-order valence-corrected chi connectivity index (χ2v) is 4.38. The zero-order valence-corrected chi connectivity index (χ0v) is 11.9. The molecule has 0 saturated heterocycles. The lowest BCUT2D eigenvalue weighted by Crippen LogP contribution is -2.39. The molecule has 0 aliphatic heterocycles. The van der Waals surface area contributed by atoms with Crippen LogP contribution in [0.3, 0.4) is 0 Å². The first-order chi connectivity index (χ1) is 9.99. The number of carboxylic acids is 1. The maximum atomic E-state index is 11.4. The minimum atomic E-state index is -1.15. The molecule has 0 bridgehead atoms. The highest BCUT2D eigenvalue weighted by molar-refractivity contribution is 6.32. The quantitative estimate of drug-likeness (QED) is 0.645.